The van der Waals surface area contributed by atoms with Crippen LogP contribution in [0.25, 0.3) is 10.9 Å². The zero-order valence-corrected chi connectivity index (χ0v) is 11.8. The first-order valence-corrected chi connectivity index (χ1v) is 7.11. The molecule has 0 fully saturated rings. The lowest BCUT2D eigenvalue weighted by atomic mass is 10.1. The van der Waals surface area contributed by atoms with Gasteiger partial charge >= 0.3 is 0 Å². The average molecular weight is 278 g/mol. The summed E-state index contributed by atoms with van der Waals surface area (Å²) in [5.41, 5.74) is 8.83. The van der Waals surface area contributed by atoms with Gasteiger partial charge in [-0.1, -0.05) is 30.3 Å². The Labute approximate surface area is 124 Å². The molecule has 3 N–H and O–H groups in total. The fraction of sp³-hybridized carbons (Fsp3) is 0.176. The van der Waals surface area contributed by atoms with Gasteiger partial charge in [0.1, 0.15) is 12.1 Å². The van der Waals surface area contributed by atoms with Crippen molar-refractivity contribution < 1.29 is 0 Å². The van der Waals surface area contributed by atoms with E-state index >= 15 is 0 Å². The minimum Gasteiger partial charge on any atom is -0.399 e. The molecule has 21 heavy (non-hydrogen) atoms. The van der Waals surface area contributed by atoms with Crippen LogP contribution in [0.1, 0.15) is 12.0 Å². The molecule has 0 bridgehead atoms. The number of nitrogen functional groups attached to an aromatic ring is 1. The smallest absolute Gasteiger partial charge is 0.137 e. The summed E-state index contributed by atoms with van der Waals surface area (Å²) in [5, 5.41) is 4.35. The zero-order valence-electron chi connectivity index (χ0n) is 11.8. The number of anilines is 2. The highest BCUT2D eigenvalue weighted by molar-refractivity contribution is 5.91. The van der Waals surface area contributed by atoms with Crippen LogP contribution in [0.4, 0.5) is 11.5 Å². The molecule has 0 atom stereocenters. The molecule has 106 valence electrons. The molecule has 0 saturated heterocycles. The van der Waals surface area contributed by atoms with Crippen molar-refractivity contribution in [2.75, 3.05) is 17.6 Å². The first-order valence-electron chi connectivity index (χ1n) is 7.11. The van der Waals surface area contributed by atoms with Crippen molar-refractivity contribution in [1.82, 2.24) is 9.97 Å². The van der Waals surface area contributed by atoms with Crippen LogP contribution in [-0.2, 0) is 6.42 Å². The van der Waals surface area contributed by atoms with Crippen LogP contribution in [-0.4, -0.2) is 16.5 Å². The molecule has 1 heterocycles. The Hall–Kier alpha value is -2.62. The van der Waals surface area contributed by atoms with Crippen LogP contribution in [0.15, 0.2) is 54.9 Å². The number of nitrogens with two attached hydrogens (primary N) is 1. The van der Waals surface area contributed by atoms with Gasteiger partial charge in [0.15, 0.2) is 0 Å². The summed E-state index contributed by atoms with van der Waals surface area (Å²) >= 11 is 0. The third-order valence-corrected chi connectivity index (χ3v) is 3.44. The summed E-state index contributed by atoms with van der Waals surface area (Å²) < 4.78 is 0. The van der Waals surface area contributed by atoms with Crippen molar-refractivity contribution in [3.63, 3.8) is 0 Å². The second-order valence-corrected chi connectivity index (χ2v) is 5.01. The van der Waals surface area contributed by atoms with Gasteiger partial charge in [-0.25, -0.2) is 9.97 Å². The largest absolute Gasteiger partial charge is 0.399 e. The van der Waals surface area contributed by atoms with E-state index in [1.807, 2.05) is 24.3 Å². The van der Waals surface area contributed by atoms with Gasteiger partial charge < -0.3 is 11.1 Å². The van der Waals surface area contributed by atoms with Crippen LogP contribution in [0.2, 0.25) is 0 Å². The van der Waals surface area contributed by atoms with E-state index in [0.717, 1.165) is 41.8 Å². The topological polar surface area (TPSA) is 63.8 Å². The molecular weight excluding hydrogens is 260 g/mol. The normalized spacial score (nSPS) is 10.7. The number of fused-ring (bicyclic) bond motifs is 1. The molecule has 0 aliphatic rings. The fourth-order valence-corrected chi connectivity index (χ4v) is 2.36. The molecule has 0 spiro atoms. The van der Waals surface area contributed by atoms with Crippen LogP contribution >= 0.6 is 0 Å². The van der Waals surface area contributed by atoms with Crippen LogP contribution in [0.3, 0.4) is 0 Å². The maximum Gasteiger partial charge on any atom is 0.137 e. The van der Waals surface area contributed by atoms with E-state index in [9.17, 15) is 0 Å². The molecule has 2 aromatic carbocycles. The monoisotopic (exact) mass is 278 g/mol. The maximum absolute atomic E-state index is 5.84. The summed E-state index contributed by atoms with van der Waals surface area (Å²) in [7, 11) is 0. The average Bonchev–Trinajstić information content (AvgIpc) is 2.53. The Morgan fingerprint density at radius 1 is 1.00 bits per heavy atom. The first kappa shape index (κ1) is 13.4. The van der Waals surface area contributed by atoms with Crippen molar-refractivity contribution in [2.45, 2.75) is 12.8 Å². The number of hydrogen-bond acceptors (Lipinski definition) is 4. The Balaban J connectivity index is 1.64. The molecule has 0 unspecified atom stereocenters. The molecule has 0 amide bonds. The molecule has 4 nitrogen and oxygen atoms in total. The molecule has 0 saturated carbocycles. The lowest BCUT2D eigenvalue weighted by Gasteiger charge is -2.08. The number of nitrogens with zero attached hydrogens (tertiary/aromatic N) is 2. The number of aromatic nitrogens is 2. The van der Waals surface area contributed by atoms with Gasteiger partial charge in [-0.15, -0.1) is 0 Å². The highest BCUT2D eigenvalue weighted by atomic mass is 15.0. The molecule has 0 aliphatic carbocycles. The summed E-state index contributed by atoms with van der Waals surface area (Å²) in [5.74, 6) is 0.848. The van der Waals surface area contributed by atoms with Crippen LogP contribution in [0, 0.1) is 0 Å². The molecule has 1 aromatic heterocycles. The number of hydrogen-bond donors (Lipinski definition) is 2. The summed E-state index contributed by atoms with van der Waals surface area (Å²) in [6.07, 6.45) is 3.69. The summed E-state index contributed by atoms with van der Waals surface area (Å²) in [4.78, 5) is 8.57. The predicted molar refractivity (Wildman–Crippen MR) is 87.2 cm³/mol. The minimum atomic E-state index is 0.727. The molecule has 0 aliphatic heterocycles. The van der Waals surface area contributed by atoms with E-state index in [1.54, 1.807) is 6.33 Å². The van der Waals surface area contributed by atoms with E-state index in [-0.39, 0.29) is 0 Å². The van der Waals surface area contributed by atoms with Crippen LogP contribution < -0.4 is 11.1 Å². The Morgan fingerprint density at radius 3 is 2.71 bits per heavy atom. The third-order valence-electron chi connectivity index (χ3n) is 3.44. The van der Waals surface area contributed by atoms with Gasteiger partial charge in [-0.3, -0.25) is 0 Å². The highest BCUT2D eigenvalue weighted by Crippen LogP contribution is 2.21. The van der Waals surface area contributed by atoms with Gasteiger partial charge in [-0.05, 0) is 36.6 Å². The van der Waals surface area contributed by atoms with Crippen molar-refractivity contribution in [3.05, 3.63) is 60.4 Å². The zero-order chi connectivity index (χ0) is 14.5. The third kappa shape index (κ3) is 3.28. The van der Waals surface area contributed by atoms with Crippen molar-refractivity contribution >= 4 is 22.4 Å². The lowest BCUT2D eigenvalue weighted by Crippen LogP contribution is -2.05. The summed E-state index contributed by atoms with van der Waals surface area (Å²) in [6, 6.07) is 16.2. The minimum absolute atomic E-state index is 0.727. The Morgan fingerprint density at radius 2 is 1.86 bits per heavy atom. The molecular formula is C17H18N4. The second-order valence-electron chi connectivity index (χ2n) is 5.01. The fourth-order valence-electron chi connectivity index (χ4n) is 2.36. The second kappa shape index (κ2) is 6.22. The Bertz CT molecular complexity index is 725. The van der Waals surface area contributed by atoms with Crippen LogP contribution in [0.5, 0.6) is 0 Å². The standard InChI is InChI=1S/C17H18N4/c18-14-8-9-16-15(11-14)17(21-12-20-16)19-10-4-7-13-5-2-1-3-6-13/h1-3,5-6,8-9,11-12H,4,7,10,18H2,(H,19,20,21). The van der Waals surface area contributed by atoms with E-state index in [0.29, 0.717) is 0 Å². The first-order chi connectivity index (χ1) is 10.3. The number of aryl methyl sites for hydroxylation is 1. The SMILES string of the molecule is Nc1ccc2ncnc(NCCCc3ccccc3)c2c1. The number of benzene rings is 2. The van der Waals surface area contributed by atoms with Crippen molar-refractivity contribution in [3.8, 4) is 0 Å². The van der Waals surface area contributed by atoms with Crippen molar-refractivity contribution in [1.29, 1.82) is 0 Å². The molecule has 3 aromatic rings. The van der Waals surface area contributed by atoms with Gasteiger partial charge in [0.05, 0.1) is 5.52 Å². The van der Waals surface area contributed by atoms with E-state index in [4.69, 9.17) is 5.73 Å². The van der Waals surface area contributed by atoms with E-state index in [1.165, 1.54) is 5.56 Å². The van der Waals surface area contributed by atoms with Crippen molar-refractivity contribution in [2.24, 2.45) is 0 Å². The lowest BCUT2D eigenvalue weighted by molar-refractivity contribution is 0.859. The summed E-state index contributed by atoms with van der Waals surface area (Å²) in [6.45, 7) is 0.871. The highest BCUT2D eigenvalue weighted by Gasteiger charge is 2.03. The quantitative estimate of drug-likeness (QED) is 0.555. The van der Waals surface area contributed by atoms with E-state index < -0.39 is 0 Å². The number of rotatable bonds is 5. The Kier molecular flexibility index (Phi) is 3.96. The van der Waals surface area contributed by atoms with Gasteiger partial charge in [0, 0.05) is 17.6 Å². The number of nitrogens with one attached hydrogen (secondary N) is 1. The van der Waals surface area contributed by atoms with Gasteiger partial charge in [0.2, 0.25) is 0 Å². The van der Waals surface area contributed by atoms with Gasteiger partial charge in [0.25, 0.3) is 0 Å². The van der Waals surface area contributed by atoms with E-state index in [2.05, 4.69) is 39.6 Å². The molecule has 3 rings (SSSR count). The molecule has 4 heteroatoms. The maximum atomic E-state index is 5.84. The molecule has 0 radical (unpaired) electrons. The predicted octanol–water partition coefficient (Wildman–Crippen LogP) is 3.26. The van der Waals surface area contributed by atoms with Gasteiger partial charge in [-0.2, -0.15) is 0 Å².